The summed E-state index contributed by atoms with van der Waals surface area (Å²) in [5.74, 6) is 1.02. The molecule has 5 rings (SSSR count). The molecule has 0 fully saturated rings. The lowest BCUT2D eigenvalue weighted by molar-refractivity contribution is 0.398. The maximum absolute atomic E-state index is 6.09. The van der Waals surface area contributed by atoms with Gasteiger partial charge in [-0.2, -0.15) is 5.10 Å². The number of hydrogen-bond acceptors (Lipinski definition) is 6. The molecule has 0 spiro atoms. The van der Waals surface area contributed by atoms with E-state index in [9.17, 15) is 0 Å². The highest BCUT2D eigenvalue weighted by molar-refractivity contribution is 5.88. The average molecular weight is 399 g/mol. The Labute approximate surface area is 173 Å². The van der Waals surface area contributed by atoms with Gasteiger partial charge in [0.25, 0.3) is 0 Å². The molecule has 0 aliphatic carbocycles. The maximum atomic E-state index is 6.09. The molecule has 150 valence electrons. The summed E-state index contributed by atoms with van der Waals surface area (Å²) in [6.45, 7) is 4.04. The first kappa shape index (κ1) is 18.1. The van der Waals surface area contributed by atoms with Crippen LogP contribution in [0.25, 0.3) is 27.8 Å². The van der Waals surface area contributed by atoms with Crippen LogP contribution in [0.4, 0.5) is 5.82 Å². The van der Waals surface area contributed by atoms with E-state index in [1.54, 1.807) is 7.11 Å². The van der Waals surface area contributed by atoms with Crippen molar-refractivity contribution in [3.05, 3.63) is 66.4 Å². The summed E-state index contributed by atoms with van der Waals surface area (Å²) in [6, 6.07) is 12.1. The molecule has 0 bridgehead atoms. The Morgan fingerprint density at radius 2 is 1.97 bits per heavy atom. The smallest absolute Gasteiger partial charge is 0.212 e. The second-order valence-corrected chi connectivity index (χ2v) is 7.20. The van der Waals surface area contributed by atoms with Crippen LogP contribution >= 0.6 is 0 Å². The van der Waals surface area contributed by atoms with Gasteiger partial charge in [-0.1, -0.05) is 6.07 Å². The molecule has 0 saturated heterocycles. The van der Waals surface area contributed by atoms with Crippen LogP contribution in [-0.4, -0.2) is 36.2 Å². The van der Waals surface area contributed by atoms with Crippen LogP contribution in [0.5, 0.6) is 5.88 Å². The van der Waals surface area contributed by atoms with Crippen LogP contribution < -0.4 is 10.5 Å². The standard InChI is InChI=1S/C22H21N7O/c1-13-19-21(23)25-12-26-22(19)29(27-13)14(2)17-10-16-6-4-5-9-28(16)20(17)15-7-8-18(30-3)24-11-15/h4-12,14H,1-3H3,(H2,23,25,26). The number of methoxy groups -OCH3 is 1. The number of fused-ring (bicyclic) bond motifs is 2. The molecule has 8 nitrogen and oxygen atoms in total. The molecule has 2 N–H and O–H groups in total. The number of nitrogens with zero attached hydrogens (tertiary/aromatic N) is 6. The second-order valence-electron chi connectivity index (χ2n) is 7.20. The normalized spacial score (nSPS) is 12.5. The van der Waals surface area contributed by atoms with Crippen LogP contribution in [0.3, 0.4) is 0 Å². The molecule has 5 aromatic heterocycles. The monoisotopic (exact) mass is 399 g/mol. The lowest BCUT2D eigenvalue weighted by Gasteiger charge is -2.15. The fraction of sp³-hybridized carbons (Fsp3) is 0.182. The number of nitrogens with two attached hydrogens (primary N) is 1. The fourth-order valence-electron chi connectivity index (χ4n) is 3.98. The third-order valence-corrected chi connectivity index (χ3v) is 5.44. The zero-order chi connectivity index (χ0) is 20.8. The highest BCUT2D eigenvalue weighted by Crippen LogP contribution is 2.35. The molecule has 30 heavy (non-hydrogen) atoms. The fourth-order valence-corrected chi connectivity index (χ4v) is 3.98. The van der Waals surface area contributed by atoms with Gasteiger partial charge < -0.3 is 14.9 Å². The quantitative estimate of drug-likeness (QED) is 0.496. The van der Waals surface area contributed by atoms with E-state index in [0.29, 0.717) is 11.7 Å². The number of aryl methyl sites for hydroxylation is 1. The van der Waals surface area contributed by atoms with Crippen LogP contribution in [0.2, 0.25) is 0 Å². The van der Waals surface area contributed by atoms with Crippen molar-refractivity contribution in [1.82, 2.24) is 29.1 Å². The predicted molar refractivity (Wildman–Crippen MR) is 115 cm³/mol. The number of hydrogen-bond donors (Lipinski definition) is 1. The molecular formula is C22H21N7O. The Balaban J connectivity index is 1.74. The van der Waals surface area contributed by atoms with Crippen LogP contribution in [0, 0.1) is 6.92 Å². The van der Waals surface area contributed by atoms with Crippen LogP contribution in [0.15, 0.2) is 55.1 Å². The lowest BCUT2D eigenvalue weighted by atomic mass is 10.0. The minimum Gasteiger partial charge on any atom is -0.481 e. The topological polar surface area (TPSA) is 96.2 Å². The van der Waals surface area contributed by atoms with Gasteiger partial charge in [-0.15, -0.1) is 0 Å². The van der Waals surface area contributed by atoms with Gasteiger partial charge in [0.1, 0.15) is 12.1 Å². The van der Waals surface area contributed by atoms with E-state index in [1.165, 1.54) is 6.33 Å². The summed E-state index contributed by atoms with van der Waals surface area (Å²) in [7, 11) is 1.61. The molecule has 1 atom stereocenters. The Bertz CT molecular complexity index is 1370. The van der Waals surface area contributed by atoms with Crippen molar-refractivity contribution in [3.63, 3.8) is 0 Å². The highest BCUT2D eigenvalue weighted by Gasteiger charge is 2.23. The first-order chi connectivity index (χ1) is 14.6. The van der Waals surface area contributed by atoms with Crippen molar-refractivity contribution < 1.29 is 4.74 Å². The molecule has 0 amide bonds. The summed E-state index contributed by atoms with van der Waals surface area (Å²) < 4.78 is 9.30. The minimum absolute atomic E-state index is 0.0903. The summed E-state index contributed by atoms with van der Waals surface area (Å²) in [5.41, 5.74) is 11.9. The number of rotatable bonds is 4. The molecule has 0 saturated carbocycles. The van der Waals surface area contributed by atoms with Crippen molar-refractivity contribution in [1.29, 1.82) is 0 Å². The number of aromatic nitrogens is 6. The van der Waals surface area contributed by atoms with E-state index < -0.39 is 0 Å². The summed E-state index contributed by atoms with van der Waals surface area (Å²) >= 11 is 0. The van der Waals surface area contributed by atoms with Gasteiger partial charge in [0.2, 0.25) is 5.88 Å². The van der Waals surface area contributed by atoms with Gasteiger partial charge in [-0.25, -0.2) is 19.6 Å². The molecule has 5 heterocycles. The van der Waals surface area contributed by atoms with Crippen molar-refractivity contribution in [2.45, 2.75) is 19.9 Å². The lowest BCUT2D eigenvalue weighted by Crippen LogP contribution is -2.10. The van der Waals surface area contributed by atoms with Crippen molar-refractivity contribution in [2.24, 2.45) is 0 Å². The Hall–Kier alpha value is -3.94. The van der Waals surface area contributed by atoms with Gasteiger partial charge in [0.05, 0.1) is 29.9 Å². The van der Waals surface area contributed by atoms with Crippen LogP contribution in [-0.2, 0) is 0 Å². The van der Waals surface area contributed by atoms with E-state index >= 15 is 0 Å². The van der Waals surface area contributed by atoms with E-state index in [2.05, 4.69) is 44.6 Å². The average Bonchev–Trinajstić information content (AvgIpc) is 3.32. The maximum Gasteiger partial charge on any atom is 0.212 e. The zero-order valence-corrected chi connectivity index (χ0v) is 16.9. The van der Waals surface area contributed by atoms with Crippen LogP contribution in [0.1, 0.15) is 24.2 Å². The molecule has 0 aromatic carbocycles. The van der Waals surface area contributed by atoms with E-state index in [-0.39, 0.29) is 6.04 Å². The van der Waals surface area contributed by atoms with Crippen molar-refractivity contribution in [3.8, 4) is 17.1 Å². The molecule has 0 aliphatic rings. The number of nitrogen functional groups attached to an aromatic ring is 1. The molecule has 0 aliphatic heterocycles. The van der Waals surface area contributed by atoms with Gasteiger partial charge in [-0.05, 0) is 38.1 Å². The zero-order valence-electron chi connectivity index (χ0n) is 16.9. The van der Waals surface area contributed by atoms with Gasteiger partial charge >= 0.3 is 0 Å². The molecule has 0 radical (unpaired) electrons. The number of ether oxygens (including phenoxy) is 1. The molecule has 5 aromatic rings. The number of pyridine rings is 2. The van der Waals surface area contributed by atoms with E-state index in [4.69, 9.17) is 15.6 Å². The third kappa shape index (κ3) is 2.68. The molecule has 8 heteroatoms. The largest absolute Gasteiger partial charge is 0.481 e. The first-order valence-corrected chi connectivity index (χ1v) is 9.64. The molecule has 1 unspecified atom stereocenters. The second kappa shape index (κ2) is 6.84. The van der Waals surface area contributed by atoms with E-state index in [0.717, 1.165) is 39.1 Å². The Morgan fingerprint density at radius 1 is 1.10 bits per heavy atom. The SMILES string of the molecule is COc1ccc(-c2c(C(C)n3nc(C)c4c(N)ncnc43)cc3ccccn23)cn1. The number of anilines is 1. The third-order valence-electron chi connectivity index (χ3n) is 5.44. The van der Waals surface area contributed by atoms with Crippen molar-refractivity contribution in [2.75, 3.05) is 12.8 Å². The van der Waals surface area contributed by atoms with Crippen molar-refractivity contribution >= 4 is 22.4 Å². The highest BCUT2D eigenvalue weighted by atomic mass is 16.5. The minimum atomic E-state index is -0.0903. The predicted octanol–water partition coefficient (Wildman–Crippen LogP) is 3.65. The van der Waals surface area contributed by atoms with E-state index in [1.807, 2.05) is 42.1 Å². The Morgan fingerprint density at radius 3 is 2.73 bits per heavy atom. The van der Waals surface area contributed by atoms with Gasteiger partial charge in [-0.3, -0.25) is 0 Å². The van der Waals surface area contributed by atoms with Gasteiger partial charge in [0, 0.05) is 35.1 Å². The summed E-state index contributed by atoms with van der Waals surface area (Å²) in [5, 5.41) is 5.54. The summed E-state index contributed by atoms with van der Waals surface area (Å²) in [6.07, 6.45) is 5.36. The van der Waals surface area contributed by atoms with Gasteiger partial charge in [0.15, 0.2) is 5.65 Å². The Kier molecular flexibility index (Phi) is 4.13. The summed E-state index contributed by atoms with van der Waals surface area (Å²) in [4.78, 5) is 13.0. The first-order valence-electron chi connectivity index (χ1n) is 9.64. The molecular weight excluding hydrogens is 378 g/mol.